The Morgan fingerprint density at radius 1 is 1.17 bits per heavy atom. The predicted octanol–water partition coefficient (Wildman–Crippen LogP) is 4.83. The number of fused-ring (bicyclic) bond motifs is 1. The highest BCUT2D eigenvalue weighted by atomic mass is 19.3. The molecule has 3 saturated carbocycles. The summed E-state index contributed by atoms with van der Waals surface area (Å²) >= 11 is 0. The second kappa shape index (κ2) is 7.45. The van der Waals surface area contributed by atoms with E-state index in [0.29, 0.717) is 18.2 Å². The van der Waals surface area contributed by atoms with Gasteiger partial charge in [0.25, 0.3) is 5.92 Å². The molecule has 35 heavy (non-hydrogen) atoms. The Kier molecular flexibility index (Phi) is 4.76. The minimum absolute atomic E-state index is 0.0773. The lowest BCUT2D eigenvalue weighted by Gasteiger charge is -2.71. The molecule has 9 heteroatoms. The molecule has 0 spiro atoms. The Morgan fingerprint density at radius 2 is 1.94 bits per heavy atom. The first-order valence-electron chi connectivity index (χ1n) is 12.2. The second-order valence-electron chi connectivity index (χ2n) is 11.0. The molecule has 1 aliphatic heterocycles. The fraction of sp³-hybridized carbons (Fsp3) is 0.538. The molecule has 4 aliphatic rings. The molecule has 0 aromatic carbocycles. The summed E-state index contributed by atoms with van der Waals surface area (Å²) in [6.07, 6.45) is 7.93. The van der Waals surface area contributed by atoms with Gasteiger partial charge in [0.1, 0.15) is 18.1 Å². The topological polar surface area (TPSA) is 69.0 Å². The van der Waals surface area contributed by atoms with Crippen molar-refractivity contribution in [2.75, 3.05) is 24.6 Å². The van der Waals surface area contributed by atoms with Gasteiger partial charge in [0.05, 0.1) is 18.4 Å². The first-order chi connectivity index (χ1) is 16.6. The fourth-order valence-corrected chi connectivity index (χ4v) is 6.39. The largest absolute Gasteiger partial charge is 0.486 e. The van der Waals surface area contributed by atoms with Gasteiger partial charge in [-0.2, -0.15) is 8.78 Å². The summed E-state index contributed by atoms with van der Waals surface area (Å²) in [5, 5.41) is 0. The second-order valence-corrected chi connectivity index (χ2v) is 11.0. The van der Waals surface area contributed by atoms with Crippen molar-refractivity contribution in [1.29, 1.82) is 0 Å². The van der Waals surface area contributed by atoms with Crippen LogP contribution in [0.15, 0.2) is 30.7 Å². The molecule has 3 fully saturated rings. The van der Waals surface area contributed by atoms with Gasteiger partial charge in [0.2, 0.25) is 0 Å². The number of hydrogen-bond donors (Lipinski definition) is 0. The highest BCUT2D eigenvalue weighted by Crippen LogP contribution is 2.73. The highest BCUT2D eigenvalue weighted by molar-refractivity contribution is 5.64. The van der Waals surface area contributed by atoms with Gasteiger partial charge in [-0.1, -0.05) is 13.8 Å². The van der Waals surface area contributed by atoms with Crippen LogP contribution in [0.1, 0.15) is 63.2 Å². The first-order valence-corrected chi connectivity index (χ1v) is 12.2. The number of aromatic nitrogens is 5. The summed E-state index contributed by atoms with van der Waals surface area (Å²) < 4.78 is 35.3. The molecular formula is C26H30F2N6O. The summed E-state index contributed by atoms with van der Waals surface area (Å²) in [5.74, 6) is 0.315. The van der Waals surface area contributed by atoms with Crippen LogP contribution in [-0.2, 0) is 18.4 Å². The maximum atomic E-state index is 13.8. The van der Waals surface area contributed by atoms with Crippen LogP contribution in [0.3, 0.4) is 0 Å². The van der Waals surface area contributed by atoms with Gasteiger partial charge in [0, 0.05) is 43.9 Å². The van der Waals surface area contributed by atoms with E-state index in [-0.39, 0.29) is 22.4 Å². The molecule has 0 N–H and O–H groups in total. The van der Waals surface area contributed by atoms with Crippen molar-refractivity contribution < 1.29 is 13.5 Å². The lowest BCUT2D eigenvalue weighted by molar-refractivity contribution is -0.140. The Labute approximate surface area is 203 Å². The van der Waals surface area contributed by atoms with E-state index >= 15 is 0 Å². The van der Waals surface area contributed by atoms with Gasteiger partial charge in [-0.15, -0.1) is 0 Å². The number of hydrogen-bond acceptors (Lipinski definition) is 6. The van der Waals surface area contributed by atoms with E-state index in [0.717, 1.165) is 62.2 Å². The molecule has 3 aromatic heterocycles. The third kappa shape index (κ3) is 3.50. The van der Waals surface area contributed by atoms with Crippen LogP contribution in [0.2, 0.25) is 0 Å². The number of anilines is 1. The van der Waals surface area contributed by atoms with E-state index in [9.17, 15) is 8.78 Å². The van der Waals surface area contributed by atoms with E-state index in [4.69, 9.17) is 9.72 Å². The van der Waals surface area contributed by atoms with Crippen LogP contribution < -0.4 is 9.64 Å². The summed E-state index contributed by atoms with van der Waals surface area (Å²) in [7, 11) is 1.82. The number of imidazole rings is 1. The van der Waals surface area contributed by atoms with Gasteiger partial charge in [0.15, 0.2) is 17.4 Å². The Morgan fingerprint density at radius 3 is 2.63 bits per heavy atom. The Hall–Kier alpha value is -3.10. The van der Waals surface area contributed by atoms with Gasteiger partial charge < -0.3 is 14.2 Å². The maximum absolute atomic E-state index is 13.8. The quantitative estimate of drug-likeness (QED) is 0.504. The molecule has 3 aromatic rings. The number of pyridine rings is 1. The van der Waals surface area contributed by atoms with Crippen molar-refractivity contribution in [3.63, 3.8) is 0 Å². The molecule has 184 valence electrons. The third-order valence-electron chi connectivity index (χ3n) is 7.75. The van der Waals surface area contributed by atoms with E-state index in [1.807, 2.05) is 19.2 Å². The minimum Gasteiger partial charge on any atom is -0.486 e. The van der Waals surface area contributed by atoms with E-state index in [1.165, 1.54) is 6.20 Å². The molecule has 7 nitrogen and oxygen atoms in total. The smallest absolute Gasteiger partial charge is 0.288 e. The maximum Gasteiger partial charge on any atom is 0.288 e. The summed E-state index contributed by atoms with van der Waals surface area (Å²) in [5.41, 5.74) is 1.86. The van der Waals surface area contributed by atoms with Gasteiger partial charge in [-0.05, 0) is 42.7 Å². The molecule has 7 rings (SSSR count). The number of halogens is 2. The predicted molar refractivity (Wildman–Crippen MR) is 128 cm³/mol. The average molecular weight is 481 g/mol. The standard InChI is InChI=1S/C26H30F2N6O/c1-16(2)20-17(6-5-7-29-20)21-30-10-18-22(32-21)34(8-9-35-18)15-25-12-26(13-25,14-25)23-31-19(11-33(23)4)24(3,27)28/h5-7,10-11,16H,8-9,12-15H2,1-4H3. The zero-order valence-electron chi connectivity index (χ0n) is 20.6. The molecule has 0 amide bonds. The lowest BCUT2D eigenvalue weighted by atomic mass is 9.34. The van der Waals surface area contributed by atoms with Crippen LogP contribution in [0.4, 0.5) is 14.6 Å². The third-order valence-corrected chi connectivity index (χ3v) is 7.75. The number of alkyl halides is 2. The van der Waals surface area contributed by atoms with Crippen LogP contribution in [0.5, 0.6) is 5.75 Å². The average Bonchev–Trinajstić information content (AvgIpc) is 3.17. The molecular weight excluding hydrogens is 450 g/mol. The molecule has 0 unspecified atom stereocenters. The van der Waals surface area contributed by atoms with Gasteiger partial charge >= 0.3 is 0 Å². The number of aryl methyl sites for hydroxylation is 1. The summed E-state index contributed by atoms with van der Waals surface area (Å²) in [6.45, 7) is 7.36. The van der Waals surface area contributed by atoms with Crippen LogP contribution in [0, 0.1) is 5.41 Å². The Bertz CT molecular complexity index is 1280. The Balaban J connectivity index is 1.23. The van der Waals surface area contributed by atoms with Crippen molar-refractivity contribution in [1.82, 2.24) is 24.5 Å². The van der Waals surface area contributed by atoms with Crippen molar-refractivity contribution in [2.45, 2.75) is 57.3 Å². The summed E-state index contributed by atoms with van der Waals surface area (Å²) in [4.78, 5) is 20.7. The van der Waals surface area contributed by atoms with Crippen molar-refractivity contribution in [3.8, 4) is 17.1 Å². The number of nitrogens with zero attached hydrogens (tertiary/aromatic N) is 6. The fourth-order valence-electron chi connectivity index (χ4n) is 6.39. The molecule has 2 bridgehead atoms. The van der Waals surface area contributed by atoms with E-state index < -0.39 is 5.92 Å². The highest BCUT2D eigenvalue weighted by Gasteiger charge is 2.70. The lowest BCUT2D eigenvalue weighted by Crippen LogP contribution is -2.69. The van der Waals surface area contributed by atoms with Crippen molar-refractivity contribution >= 4 is 5.82 Å². The zero-order valence-corrected chi connectivity index (χ0v) is 20.6. The first kappa shape index (κ1) is 22.4. The normalized spacial score (nSPS) is 25.1. The van der Waals surface area contributed by atoms with Crippen LogP contribution in [-0.4, -0.2) is 44.2 Å². The minimum atomic E-state index is -2.92. The van der Waals surface area contributed by atoms with Crippen LogP contribution in [0.25, 0.3) is 11.4 Å². The molecule has 0 saturated heterocycles. The number of rotatable bonds is 6. The zero-order chi connectivity index (χ0) is 24.6. The molecule has 4 heterocycles. The van der Waals surface area contributed by atoms with Gasteiger partial charge in [-0.3, -0.25) is 4.98 Å². The van der Waals surface area contributed by atoms with Gasteiger partial charge in [-0.25, -0.2) is 15.0 Å². The molecule has 3 aliphatic carbocycles. The van der Waals surface area contributed by atoms with Crippen molar-refractivity contribution in [3.05, 3.63) is 47.9 Å². The molecule has 0 radical (unpaired) electrons. The van der Waals surface area contributed by atoms with E-state index in [1.54, 1.807) is 17.0 Å². The number of ether oxygens (including phenoxy) is 1. The molecule has 0 atom stereocenters. The van der Waals surface area contributed by atoms with E-state index in [2.05, 4.69) is 33.7 Å². The van der Waals surface area contributed by atoms with Crippen LogP contribution >= 0.6 is 0 Å². The SMILES string of the molecule is CC(C)c1ncccc1-c1ncc2c(n1)N(CC13CC(c4nc(C(C)(F)F)cn4C)(C1)C3)CCO2. The monoisotopic (exact) mass is 480 g/mol. The van der Waals surface area contributed by atoms with Crippen molar-refractivity contribution in [2.24, 2.45) is 12.5 Å². The summed E-state index contributed by atoms with van der Waals surface area (Å²) in [6, 6.07) is 3.93.